The van der Waals surface area contributed by atoms with Gasteiger partial charge in [-0.05, 0) is 39.1 Å². The first-order valence-electron chi connectivity index (χ1n) is 11.5. The highest BCUT2D eigenvalue weighted by molar-refractivity contribution is 5.95. The number of amides is 2. The number of rotatable bonds is 9. The number of aliphatic hydroxyl groups excluding tert-OH is 1. The molecule has 0 radical (unpaired) electrons. The van der Waals surface area contributed by atoms with E-state index in [9.17, 15) is 22.8 Å². The van der Waals surface area contributed by atoms with Crippen LogP contribution in [0.2, 0.25) is 0 Å². The topological polar surface area (TPSA) is 123 Å². The number of likely N-dealkylation sites (tertiary alicyclic amines) is 1. The lowest BCUT2D eigenvalue weighted by Crippen LogP contribution is -2.46. The molecular formula is C23H30F3N7O3. The summed E-state index contributed by atoms with van der Waals surface area (Å²) in [4.78, 5) is 35.3. The van der Waals surface area contributed by atoms with Crippen LogP contribution in [0, 0.1) is 0 Å². The Hall–Kier alpha value is -3.45. The number of carbonyl (C=O) groups excluding carboxylic acids is 2. The van der Waals surface area contributed by atoms with Crippen molar-refractivity contribution >= 4 is 35.0 Å². The van der Waals surface area contributed by atoms with Crippen molar-refractivity contribution in [2.24, 2.45) is 0 Å². The number of piperidine rings is 1. The number of nitrogens with one attached hydrogen (secondary N) is 3. The van der Waals surface area contributed by atoms with E-state index < -0.39 is 30.1 Å². The molecule has 1 saturated heterocycles. The number of hydrogen-bond acceptors (Lipinski definition) is 8. The van der Waals surface area contributed by atoms with Crippen LogP contribution in [0.5, 0.6) is 0 Å². The SMILES string of the molecule is CN(C)CCC(=O)Nc1ccccc1Nc1nc(NC2CCCN(C(=O)CO)C2)ncc1C(F)(F)F. The quantitative estimate of drug-likeness (QED) is 0.407. The van der Waals surface area contributed by atoms with Crippen LogP contribution in [0.25, 0.3) is 0 Å². The van der Waals surface area contributed by atoms with Crippen LogP contribution in [0.1, 0.15) is 24.8 Å². The fraction of sp³-hybridized carbons (Fsp3) is 0.478. The molecule has 13 heteroatoms. The molecule has 1 aromatic heterocycles. The summed E-state index contributed by atoms with van der Waals surface area (Å²) in [6.07, 6.45) is -2.50. The summed E-state index contributed by atoms with van der Waals surface area (Å²) < 4.78 is 41.2. The number of alkyl halides is 3. The third-order valence-electron chi connectivity index (χ3n) is 5.58. The molecule has 0 bridgehead atoms. The van der Waals surface area contributed by atoms with Crippen molar-refractivity contribution in [2.45, 2.75) is 31.5 Å². The number of halogens is 3. The molecule has 10 nitrogen and oxygen atoms in total. The van der Waals surface area contributed by atoms with Crippen molar-refractivity contribution < 1.29 is 27.9 Å². The summed E-state index contributed by atoms with van der Waals surface area (Å²) in [5, 5.41) is 17.5. The molecule has 1 aliphatic heterocycles. The monoisotopic (exact) mass is 509 g/mol. The first kappa shape index (κ1) is 27.1. The summed E-state index contributed by atoms with van der Waals surface area (Å²) in [6.45, 7) is 0.676. The Morgan fingerprint density at radius 1 is 1.22 bits per heavy atom. The van der Waals surface area contributed by atoms with E-state index in [0.717, 1.165) is 0 Å². The summed E-state index contributed by atoms with van der Waals surface area (Å²) in [5.74, 6) is -1.21. The van der Waals surface area contributed by atoms with Crippen LogP contribution in [-0.2, 0) is 15.8 Å². The lowest BCUT2D eigenvalue weighted by Gasteiger charge is -2.32. The molecule has 2 heterocycles. The fourth-order valence-corrected chi connectivity index (χ4v) is 3.72. The third-order valence-corrected chi connectivity index (χ3v) is 5.58. The van der Waals surface area contributed by atoms with Gasteiger partial charge in [0, 0.05) is 38.3 Å². The maximum absolute atomic E-state index is 13.7. The van der Waals surface area contributed by atoms with Crippen LogP contribution in [0.3, 0.4) is 0 Å². The summed E-state index contributed by atoms with van der Waals surface area (Å²) in [5.41, 5.74) is -0.515. The maximum atomic E-state index is 13.7. The normalized spacial score (nSPS) is 16.1. The molecule has 0 saturated carbocycles. The summed E-state index contributed by atoms with van der Waals surface area (Å²) in [7, 11) is 3.66. The van der Waals surface area contributed by atoms with Gasteiger partial charge < -0.3 is 30.9 Å². The second-order valence-electron chi connectivity index (χ2n) is 8.71. The van der Waals surface area contributed by atoms with Gasteiger partial charge in [0.15, 0.2) is 0 Å². The van der Waals surface area contributed by atoms with E-state index in [2.05, 4.69) is 25.9 Å². The van der Waals surface area contributed by atoms with Crippen LogP contribution in [0.15, 0.2) is 30.5 Å². The number of anilines is 4. The largest absolute Gasteiger partial charge is 0.421 e. The van der Waals surface area contributed by atoms with E-state index in [0.29, 0.717) is 37.8 Å². The van der Waals surface area contributed by atoms with Crippen molar-refractivity contribution in [3.8, 4) is 0 Å². The number of para-hydroxylation sites is 2. The van der Waals surface area contributed by atoms with Gasteiger partial charge in [-0.3, -0.25) is 9.59 Å². The van der Waals surface area contributed by atoms with Crippen molar-refractivity contribution in [3.05, 3.63) is 36.0 Å². The highest BCUT2D eigenvalue weighted by Gasteiger charge is 2.36. The zero-order chi connectivity index (χ0) is 26.3. The molecule has 3 rings (SSSR count). The van der Waals surface area contributed by atoms with E-state index in [1.807, 2.05) is 19.0 Å². The smallest absolute Gasteiger partial charge is 0.387 e. The van der Waals surface area contributed by atoms with Gasteiger partial charge in [0.2, 0.25) is 17.8 Å². The van der Waals surface area contributed by atoms with E-state index in [4.69, 9.17) is 5.11 Å². The second-order valence-corrected chi connectivity index (χ2v) is 8.71. The van der Waals surface area contributed by atoms with Crippen molar-refractivity contribution in [1.82, 2.24) is 19.8 Å². The van der Waals surface area contributed by atoms with E-state index >= 15 is 0 Å². The van der Waals surface area contributed by atoms with Crippen LogP contribution < -0.4 is 16.0 Å². The summed E-state index contributed by atoms with van der Waals surface area (Å²) in [6, 6.07) is 6.11. The number of benzene rings is 1. The number of aliphatic hydroxyl groups is 1. The van der Waals surface area contributed by atoms with E-state index in [1.54, 1.807) is 18.2 Å². The van der Waals surface area contributed by atoms with Gasteiger partial charge in [-0.25, -0.2) is 4.98 Å². The maximum Gasteiger partial charge on any atom is 0.421 e. The Balaban J connectivity index is 1.82. The Kier molecular flexibility index (Phi) is 9.04. The van der Waals surface area contributed by atoms with Gasteiger partial charge in [-0.1, -0.05) is 12.1 Å². The molecule has 4 N–H and O–H groups in total. The Labute approximate surface area is 206 Å². The van der Waals surface area contributed by atoms with Crippen LogP contribution in [0.4, 0.5) is 36.3 Å². The van der Waals surface area contributed by atoms with Crippen LogP contribution >= 0.6 is 0 Å². The van der Waals surface area contributed by atoms with Crippen LogP contribution in [-0.4, -0.2) is 83.1 Å². The molecule has 2 aromatic rings. The third kappa shape index (κ3) is 7.52. The molecule has 1 aromatic carbocycles. The van der Waals surface area contributed by atoms with Crippen molar-refractivity contribution in [1.29, 1.82) is 0 Å². The molecule has 0 aliphatic carbocycles. The van der Waals surface area contributed by atoms with Gasteiger partial charge in [0.05, 0.1) is 11.4 Å². The first-order chi connectivity index (χ1) is 17.1. The number of carbonyl (C=O) groups is 2. The lowest BCUT2D eigenvalue weighted by atomic mass is 10.1. The fourth-order valence-electron chi connectivity index (χ4n) is 3.72. The average molecular weight is 510 g/mol. The van der Waals surface area contributed by atoms with Gasteiger partial charge in [0.1, 0.15) is 18.0 Å². The minimum absolute atomic E-state index is 0.0405. The molecule has 1 atom stereocenters. The minimum atomic E-state index is -4.72. The molecule has 196 valence electrons. The molecule has 1 unspecified atom stereocenters. The van der Waals surface area contributed by atoms with Gasteiger partial charge >= 0.3 is 6.18 Å². The standard InChI is InChI=1S/C23H30F3N7O3/c1-32(2)11-9-19(35)29-17-7-3-4-8-18(17)30-21-16(23(24,25)26)12-27-22(31-21)28-15-6-5-10-33(13-15)20(36)14-34/h3-4,7-8,12,15,34H,5-6,9-11,13-14H2,1-2H3,(H,29,35)(H2,27,28,30,31). The van der Waals surface area contributed by atoms with Gasteiger partial charge in [-0.15, -0.1) is 0 Å². The zero-order valence-corrected chi connectivity index (χ0v) is 20.1. The predicted molar refractivity (Wildman–Crippen MR) is 129 cm³/mol. The predicted octanol–water partition coefficient (Wildman–Crippen LogP) is 2.52. The Morgan fingerprint density at radius 3 is 2.61 bits per heavy atom. The number of nitrogens with zero attached hydrogens (tertiary/aromatic N) is 4. The molecular weight excluding hydrogens is 479 g/mol. The molecule has 2 amide bonds. The molecule has 0 spiro atoms. The highest BCUT2D eigenvalue weighted by atomic mass is 19.4. The second kappa shape index (κ2) is 12.0. The molecule has 1 fully saturated rings. The zero-order valence-electron chi connectivity index (χ0n) is 20.1. The van der Waals surface area contributed by atoms with E-state index in [1.165, 1.54) is 11.0 Å². The first-order valence-corrected chi connectivity index (χ1v) is 11.5. The van der Waals surface area contributed by atoms with Crippen molar-refractivity contribution in [3.63, 3.8) is 0 Å². The molecule has 1 aliphatic rings. The number of aromatic nitrogens is 2. The number of hydrogen-bond donors (Lipinski definition) is 4. The summed E-state index contributed by atoms with van der Waals surface area (Å²) >= 11 is 0. The average Bonchev–Trinajstić information content (AvgIpc) is 2.83. The minimum Gasteiger partial charge on any atom is -0.387 e. The van der Waals surface area contributed by atoms with Gasteiger partial charge in [0.25, 0.3) is 0 Å². The highest BCUT2D eigenvalue weighted by Crippen LogP contribution is 2.36. The van der Waals surface area contributed by atoms with Crippen molar-refractivity contribution in [2.75, 3.05) is 56.3 Å². The molecule has 36 heavy (non-hydrogen) atoms. The Morgan fingerprint density at radius 2 is 1.94 bits per heavy atom. The lowest BCUT2D eigenvalue weighted by molar-refractivity contribution is -0.137. The Bertz CT molecular complexity index is 1070. The van der Waals surface area contributed by atoms with Gasteiger partial charge in [-0.2, -0.15) is 18.2 Å². The van der Waals surface area contributed by atoms with E-state index in [-0.39, 0.29) is 36.6 Å².